The number of halogens is 2. The van der Waals surface area contributed by atoms with E-state index >= 15 is 0 Å². The number of nitrogens with zero attached hydrogens (tertiary/aromatic N) is 1. The van der Waals surface area contributed by atoms with Crippen LogP contribution in [0.15, 0.2) is 36.4 Å². The molecule has 0 spiro atoms. The van der Waals surface area contributed by atoms with Gasteiger partial charge in [-0.15, -0.1) is 0 Å². The molecule has 0 saturated heterocycles. The fraction of sp³-hybridized carbons (Fsp3) is 0.0714. The van der Waals surface area contributed by atoms with Crippen LogP contribution in [0.5, 0.6) is 11.5 Å². The number of nitro groups is 1. The van der Waals surface area contributed by atoms with Crippen molar-refractivity contribution in [2.24, 2.45) is 0 Å². The van der Waals surface area contributed by atoms with E-state index < -0.39 is 22.3 Å². The van der Waals surface area contributed by atoms with Gasteiger partial charge in [0, 0.05) is 12.1 Å². The second kappa shape index (κ2) is 5.66. The van der Waals surface area contributed by atoms with Crippen LogP contribution in [0, 0.1) is 21.7 Å². The molecule has 5 nitrogen and oxygen atoms in total. The smallest absolute Gasteiger partial charge is 0.280 e. The second-order valence-corrected chi connectivity index (χ2v) is 4.17. The second-order valence-electron chi connectivity index (χ2n) is 4.17. The van der Waals surface area contributed by atoms with Crippen molar-refractivity contribution < 1.29 is 23.2 Å². The number of benzene rings is 2. The Morgan fingerprint density at radius 3 is 2.48 bits per heavy atom. The number of nitro benzene ring substituents is 1. The van der Waals surface area contributed by atoms with Gasteiger partial charge in [-0.1, -0.05) is 0 Å². The molecule has 0 aliphatic heterocycles. The molecular formula is C14H9F2NO4. The molecule has 2 aromatic rings. The first-order chi connectivity index (χ1) is 9.88. The highest BCUT2D eigenvalue weighted by Gasteiger charge is 2.18. The molecule has 0 aliphatic rings. The standard InChI is InChI=1S/C14H9F2NO4/c1-8(18)11-7-10(3-4-13(11)17(19)20)21-14-5-2-9(15)6-12(14)16/h2-7H,1H3. The van der Waals surface area contributed by atoms with Crippen LogP contribution < -0.4 is 4.74 Å². The van der Waals surface area contributed by atoms with Gasteiger partial charge in [0.25, 0.3) is 5.69 Å². The van der Waals surface area contributed by atoms with Gasteiger partial charge in [0.15, 0.2) is 17.3 Å². The Hall–Kier alpha value is -2.83. The lowest BCUT2D eigenvalue weighted by Gasteiger charge is -2.08. The van der Waals surface area contributed by atoms with Gasteiger partial charge in [0.05, 0.1) is 10.5 Å². The Bertz CT molecular complexity index is 731. The van der Waals surface area contributed by atoms with Crippen LogP contribution in [0.1, 0.15) is 17.3 Å². The molecule has 0 heterocycles. The summed E-state index contributed by atoms with van der Waals surface area (Å²) in [5.74, 6) is -2.41. The van der Waals surface area contributed by atoms with E-state index in [4.69, 9.17) is 4.74 Å². The minimum atomic E-state index is -0.919. The van der Waals surface area contributed by atoms with Gasteiger partial charge in [0.2, 0.25) is 0 Å². The average molecular weight is 293 g/mol. The van der Waals surface area contributed by atoms with Gasteiger partial charge in [-0.25, -0.2) is 8.78 Å². The van der Waals surface area contributed by atoms with Crippen LogP contribution in [0.3, 0.4) is 0 Å². The summed E-state index contributed by atoms with van der Waals surface area (Å²) in [6, 6.07) is 6.20. The number of Topliss-reactive ketones (excluding diaryl/α,β-unsaturated/α-hetero) is 1. The third-order valence-electron chi connectivity index (χ3n) is 2.67. The van der Waals surface area contributed by atoms with E-state index in [-0.39, 0.29) is 22.7 Å². The van der Waals surface area contributed by atoms with Gasteiger partial charge in [-0.2, -0.15) is 0 Å². The van der Waals surface area contributed by atoms with Crippen LogP contribution in [0.4, 0.5) is 14.5 Å². The van der Waals surface area contributed by atoms with Gasteiger partial charge in [-0.3, -0.25) is 14.9 Å². The molecule has 0 radical (unpaired) electrons. The van der Waals surface area contributed by atoms with Crippen LogP contribution in [0.25, 0.3) is 0 Å². The first-order valence-electron chi connectivity index (χ1n) is 5.81. The molecule has 0 aromatic heterocycles. The van der Waals surface area contributed by atoms with Crippen molar-refractivity contribution in [2.75, 3.05) is 0 Å². The average Bonchev–Trinajstić information content (AvgIpc) is 2.41. The molecule has 0 fully saturated rings. The Morgan fingerprint density at radius 2 is 1.90 bits per heavy atom. The molecule has 0 N–H and O–H groups in total. The zero-order valence-electron chi connectivity index (χ0n) is 10.8. The Labute approximate surface area is 117 Å². The van der Waals surface area contributed by atoms with E-state index in [0.717, 1.165) is 24.3 Å². The summed E-state index contributed by atoms with van der Waals surface area (Å²) in [5, 5.41) is 10.8. The summed E-state index contributed by atoms with van der Waals surface area (Å²) in [7, 11) is 0. The van der Waals surface area contributed by atoms with Crippen molar-refractivity contribution >= 4 is 11.5 Å². The fourth-order valence-corrected chi connectivity index (χ4v) is 1.70. The van der Waals surface area contributed by atoms with Crippen LogP contribution in [-0.4, -0.2) is 10.7 Å². The quantitative estimate of drug-likeness (QED) is 0.487. The highest BCUT2D eigenvalue weighted by Crippen LogP contribution is 2.29. The Kier molecular flexibility index (Phi) is 3.93. The van der Waals surface area contributed by atoms with E-state index in [0.29, 0.717) is 6.07 Å². The molecule has 0 amide bonds. The third kappa shape index (κ3) is 3.19. The highest BCUT2D eigenvalue weighted by atomic mass is 19.1. The molecule has 0 aliphatic carbocycles. The summed E-state index contributed by atoms with van der Waals surface area (Å²) in [6.07, 6.45) is 0. The van der Waals surface area contributed by atoms with E-state index in [2.05, 4.69) is 0 Å². The molecule has 7 heteroatoms. The maximum atomic E-state index is 13.5. The van der Waals surface area contributed by atoms with Crippen LogP contribution in [-0.2, 0) is 0 Å². The molecular weight excluding hydrogens is 284 g/mol. The lowest BCUT2D eigenvalue weighted by atomic mass is 10.1. The zero-order chi connectivity index (χ0) is 15.6. The summed E-state index contributed by atoms with van der Waals surface area (Å²) in [5.41, 5.74) is -0.519. The van der Waals surface area contributed by atoms with Crippen molar-refractivity contribution in [3.63, 3.8) is 0 Å². The van der Waals surface area contributed by atoms with Crippen molar-refractivity contribution in [3.8, 4) is 11.5 Å². The number of hydrogen-bond donors (Lipinski definition) is 0. The molecule has 2 aromatic carbocycles. The summed E-state index contributed by atoms with van der Waals surface area (Å²) < 4.78 is 31.4. The minimum Gasteiger partial charge on any atom is -0.454 e. The number of ether oxygens (including phenoxy) is 1. The normalized spacial score (nSPS) is 10.2. The summed E-state index contributed by atoms with van der Waals surface area (Å²) in [4.78, 5) is 21.5. The lowest BCUT2D eigenvalue weighted by molar-refractivity contribution is -0.385. The maximum absolute atomic E-state index is 13.5. The zero-order valence-corrected chi connectivity index (χ0v) is 10.8. The van der Waals surface area contributed by atoms with Crippen LogP contribution >= 0.6 is 0 Å². The van der Waals surface area contributed by atoms with Gasteiger partial charge in [-0.05, 0) is 31.2 Å². The predicted molar refractivity (Wildman–Crippen MR) is 69.5 cm³/mol. The SMILES string of the molecule is CC(=O)c1cc(Oc2ccc(F)cc2F)ccc1[N+](=O)[O-]. The van der Waals surface area contributed by atoms with Gasteiger partial charge >= 0.3 is 0 Å². The van der Waals surface area contributed by atoms with Crippen molar-refractivity contribution in [3.05, 3.63) is 63.7 Å². The number of hydrogen-bond acceptors (Lipinski definition) is 4. The summed E-state index contributed by atoms with van der Waals surface area (Å²) in [6.45, 7) is 1.17. The first kappa shape index (κ1) is 14.6. The third-order valence-corrected chi connectivity index (χ3v) is 2.67. The van der Waals surface area contributed by atoms with Crippen molar-refractivity contribution in [1.29, 1.82) is 0 Å². The first-order valence-corrected chi connectivity index (χ1v) is 5.81. The number of ketones is 1. The van der Waals surface area contributed by atoms with E-state index in [1.807, 2.05) is 0 Å². The maximum Gasteiger partial charge on any atom is 0.280 e. The lowest BCUT2D eigenvalue weighted by Crippen LogP contribution is -2.00. The monoisotopic (exact) mass is 293 g/mol. The van der Waals surface area contributed by atoms with Gasteiger partial charge in [0.1, 0.15) is 11.6 Å². The predicted octanol–water partition coefficient (Wildman–Crippen LogP) is 3.87. The van der Waals surface area contributed by atoms with E-state index in [1.54, 1.807) is 0 Å². The highest BCUT2D eigenvalue weighted by molar-refractivity contribution is 5.98. The van der Waals surface area contributed by atoms with Crippen molar-refractivity contribution in [2.45, 2.75) is 6.92 Å². The Morgan fingerprint density at radius 1 is 1.19 bits per heavy atom. The van der Waals surface area contributed by atoms with E-state index in [1.165, 1.54) is 13.0 Å². The van der Waals surface area contributed by atoms with Crippen molar-refractivity contribution in [1.82, 2.24) is 0 Å². The number of carbonyl (C=O) groups excluding carboxylic acids is 1. The minimum absolute atomic E-state index is 0.0382. The fourth-order valence-electron chi connectivity index (χ4n) is 1.70. The molecule has 0 unspecified atom stereocenters. The largest absolute Gasteiger partial charge is 0.454 e. The molecule has 0 bridgehead atoms. The molecule has 21 heavy (non-hydrogen) atoms. The number of rotatable bonds is 4. The number of carbonyl (C=O) groups is 1. The molecule has 2 rings (SSSR count). The van der Waals surface area contributed by atoms with Gasteiger partial charge < -0.3 is 4.74 Å². The molecule has 0 saturated carbocycles. The molecule has 108 valence electrons. The Balaban J connectivity index is 2.39. The van der Waals surface area contributed by atoms with Crippen LogP contribution in [0.2, 0.25) is 0 Å². The molecule has 0 atom stereocenters. The van der Waals surface area contributed by atoms with E-state index in [9.17, 15) is 23.7 Å². The topological polar surface area (TPSA) is 69.4 Å². The summed E-state index contributed by atoms with van der Waals surface area (Å²) >= 11 is 0.